The molecule has 0 amide bonds. The zero-order chi connectivity index (χ0) is 112. The monoisotopic (exact) mass is 1830 g/mol. The summed E-state index contributed by atoms with van der Waals surface area (Å²) in [6.45, 7) is 7.73. The summed E-state index contributed by atoms with van der Waals surface area (Å²) in [5.74, 6) is -2.86. The third-order valence-corrected chi connectivity index (χ3v) is 26.0. The number of benzene rings is 24. The maximum absolute atomic E-state index is 18.4. The number of aryl methyl sites for hydroxylation is 4. The van der Waals surface area contributed by atoms with Gasteiger partial charge in [0, 0.05) is 66.5 Å². The molecule has 4 nitrogen and oxygen atoms in total. The predicted octanol–water partition coefficient (Wildman–Crippen LogP) is 38.2. The Balaban J connectivity index is 0.000000173. The van der Waals surface area contributed by atoms with Crippen LogP contribution in [0.25, 0.3) is 154 Å². The number of halogens is 4. The third kappa shape index (κ3) is 16.1. The van der Waals surface area contributed by atoms with Crippen LogP contribution in [0.3, 0.4) is 0 Å². The molecule has 0 saturated carbocycles. The van der Waals surface area contributed by atoms with Crippen LogP contribution in [-0.4, -0.2) is 0 Å². The van der Waals surface area contributed by atoms with Crippen LogP contribution >= 0.6 is 0 Å². The van der Waals surface area contributed by atoms with E-state index in [0.29, 0.717) is 109 Å². The van der Waals surface area contributed by atoms with Gasteiger partial charge in [0.15, 0.2) is 23.3 Å². The summed E-state index contributed by atoms with van der Waals surface area (Å²) in [5, 5.41) is 7.17. The normalized spacial score (nSPS) is 13.4. The van der Waals surface area contributed by atoms with Gasteiger partial charge in [-0.25, -0.2) is 17.6 Å². The van der Waals surface area contributed by atoms with E-state index in [0.717, 1.165) is 44.5 Å². The predicted molar refractivity (Wildman–Crippen MR) is 581 cm³/mol. The van der Waals surface area contributed by atoms with Crippen molar-refractivity contribution in [1.82, 2.24) is 0 Å². The van der Waals surface area contributed by atoms with Gasteiger partial charge in [-0.05, 0) is 259 Å². The topological polar surface area (TPSA) is 13.0 Å². The summed E-state index contributed by atoms with van der Waals surface area (Å²) < 4.78 is 255. The molecule has 0 saturated heterocycles. The van der Waals surface area contributed by atoms with Crippen LogP contribution in [0.2, 0.25) is 0 Å². The van der Waals surface area contributed by atoms with Gasteiger partial charge in [0.1, 0.15) is 0 Å². The molecule has 0 aliphatic rings. The minimum Gasteiger partial charge on any atom is -0.307 e. The van der Waals surface area contributed by atoms with Crippen LogP contribution in [0.1, 0.15) is 49.7 Å². The molecule has 0 aliphatic heterocycles. The maximum atomic E-state index is 18.4. The highest BCUT2D eigenvalue weighted by Crippen LogP contribution is 2.55. The first-order valence-corrected chi connectivity index (χ1v) is 45.8. The molecular formula is C132H92F4N4. The number of hydrogen-bond donors (Lipinski definition) is 0. The van der Waals surface area contributed by atoms with E-state index in [1.165, 1.54) is 19.6 Å². The van der Waals surface area contributed by atoms with Gasteiger partial charge in [-0.3, -0.25) is 0 Å². The molecule has 668 valence electrons. The fraction of sp³-hybridized carbons (Fsp3) is 0.0303. The van der Waals surface area contributed by atoms with Crippen molar-refractivity contribution in [3.05, 3.63) is 530 Å². The van der Waals surface area contributed by atoms with Crippen LogP contribution in [0, 0.1) is 51.0 Å². The van der Waals surface area contributed by atoms with Crippen molar-refractivity contribution in [2.45, 2.75) is 27.7 Å². The lowest BCUT2D eigenvalue weighted by Gasteiger charge is -2.30. The Kier molecular flexibility index (Phi) is 17.5. The Morgan fingerprint density at radius 3 is 0.629 bits per heavy atom. The van der Waals surface area contributed by atoms with Gasteiger partial charge in [-0.2, -0.15) is 0 Å². The highest BCUT2D eigenvalue weighted by atomic mass is 19.1. The van der Waals surface area contributed by atoms with Crippen molar-refractivity contribution in [1.29, 1.82) is 0 Å². The Morgan fingerprint density at radius 2 is 0.379 bits per heavy atom. The number of rotatable bonds is 20. The Hall–Kier alpha value is -17.7. The smallest absolute Gasteiger partial charge is 0.155 e. The molecular weight excluding hydrogens is 1720 g/mol. The number of para-hydroxylation sites is 4. The van der Waals surface area contributed by atoms with E-state index in [2.05, 4.69) is 0 Å². The summed E-state index contributed by atoms with van der Waals surface area (Å²) in [4.78, 5) is 5.63. The standard InChI is InChI=1S/C68H50F2N2.C64H42F2N2/c1-43-15-11-19-49(35-43)53-39-59(51-21-13-17-45(3)37-51)67(69)63(41-53)71(55-23-7-5-8-24-55)61-33-29-47-28-32-58-62(34-30-48-27-31-57(61)65(47)66(48)58)72(56-25-9-6-10-26-56)64-42-54(50-20-12-16-44(2)36-50)40-60(68(64)70)52-22-14-18-46(4)38-52;65-63-55(45-23-11-3-12-24-45)39-49(43-19-7-1-8-20-43)41-59(63)67(51-27-15-5-16-28-51)57-37-33-47-32-36-54-58(38-34-48-31-35-53(57)61(47)62(48)54)68(52-29-17-6-18-30-52)60-42-50(44-21-9-2-10-22-44)40-56(64(60)66)46-25-13-4-14-26-46/h5-42H,1-4H3;1-42H/i5D,6D,7D,8D,9D,10D,23D,24D,25D,26D;5D,6D,15D,16D,17D,18D,27D,28D,29D,30D. The lowest BCUT2D eigenvalue weighted by atomic mass is 9.91. The quantitative estimate of drug-likeness (QED) is 0.0557. The molecule has 0 aromatic heterocycles. The molecule has 0 spiro atoms. The summed E-state index contributed by atoms with van der Waals surface area (Å²) in [6.07, 6.45) is 0. The summed E-state index contributed by atoms with van der Waals surface area (Å²) in [7, 11) is 0. The zero-order valence-electron chi connectivity index (χ0n) is 95.9. The van der Waals surface area contributed by atoms with Crippen molar-refractivity contribution >= 4 is 133 Å². The zero-order valence-corrected chi connectivity index (χ0v) is 75.9. The number of anilines is 12. The molecule has 0 atom stereocenters. The van der Waals surface area contributed by atoms with Crippen molar-refractivity contribution < 1.29 is 45.0 Å². The van der Waals surface area contributed by atoms with Gasteiger partial charge in [0.05, 0.1) is 72.9 Å². The summed E-state index contributed by atoms with van der Waals surface area (Å²) in [5.41, 5.74) is 11.6. The first kappa shape index (κ1) is 66.6. The van der Waals surface area contributed by atoms with Gasteiger partial charge in [0.2, 0.25) is 0 Å². The van der Waals surface area contributed by atoms with Crippen LogP contribution in [0.4, 0.5) is 85.8 Å². The van der Waals surface area contributed by atoms with E-state index in [1.54, 1.807) is 133 Å². The van der Waals surface area contributed by atoms with E-state index in [-0.39, 0.29) is 90.5 Å². The van der Waals surface area contributed by atoms with Crippen molar-refractivity contribution in [3.8, 4) is 89.0 Å². The van der Waals surface area contributed by atoms with E-state index in [1.807, 2.05) is 258 Å². The average Bonchev–Trinajstić information content (AvgIpc) is 0.709. The lowest BCUT2D eigenvalue weighted by molar-refractivity contribution is 0.632. The second kappa shape index (κ2) is 36.8. The summed E-state index contributed by atoms with van der Waals surface area (Å²) >= 11 is 0. The number of hydrogen-bond acceptors (Lipinski definition) is 4. The third-order valence-electron chi connectivity index (χ3n) is 26.0. The van der Waals surface area contributed by atoms with Crippen LogP contribution in [0.5, 0.6) is 0 Å². The van der Waals surface area contributed by atoms with E-state index in [4.69, 9.17) is 16.4 Å². The van der Waals surface area contributed by atoms with Crippen LogP contribution in [0.15, 0.2) is 485 Å². The van der Waals surface area contributed by atoms with Gasteiger partial charge in [-0.1, -0.05) is 386 Å². The van der Waals surface area contributed by atoms with Crippen LogP contribution < -0.4 is 19.6 Å². The fourth-order valence-corrected chi connectivity index (χ4v) is 19.6. The van der Waals surface area contributed by atoms with Crippen molar-refractivity contribution in [2.24, 2.45) is 0 Å². The molecule has 24 rings (SSSR count). The van der Waals surface area contributed by atoms with Crippen molar-refractivity contribution in [2.75, 3.05) is 19.6 Å². The van der Waals surface area contributed by atoms with Gasteiger partial charge >= 0.3 is 0 Å². The SMILES string of the molecule is [2H]c1c([2H])c([2H])c(N(c2cc(-c3cccc(C)c3)cc(-c3cccc(C)c3)c2F)c2ccc3ccc4c(N(c5cc(-c6cccc(C)c6)cc(-c6cccc(C)c6)c5F)c5c([2H])c([2H])c([2H])c([2H])c5[2H])ccc5ccc2c3c54)c([2H])c1[2H].[2H]c1c([2H])c([2H])c(N(c2cc(-c3ccccc3)cc(-c3ccccc3)c2F)c2ccc3ccc4c(N(c5cc(-c6ccccc6)cc(-c6ccccc6)c5F)c5c([2H])c([2H])c([2H])c([2H])c5[2H])ccc5ccc2c3c54)c([2H])c1[2H]. The van der Waals surface area contributed by atoms with E-state index in [9.17, 15) is 11.0 Å². The number of nitrogens with zero attached hydrogens (tertiary/aromatic N) is 4. The molecule has 0 unspecified atom stereocenters. The molecule has 8 heteroatoms. The second-order valence-corrected chi connectivity index (χ2v) is 34.8. The first-order chi connectivity index (χ1) is 77.0. The molecule has 0 radical (unpaired) electrons. The van der Waals surface area contributed by atoms with Gasteiger partial charge < -0.3 is 19.6 Å². The highest BCUT2D eigenvalue weighted by Gasteiger charge is 2.32. The average molecular weight is 1830 g/mol. The molecule has 0 fully saturated rings. The molecule has 0 heterocycles. The minimum atomic E-state index is -0.718. The first-order valence-electron chi connectivity index (χ1n) is 55.8. The molecule has 24 aromatic carbocycles. The van der Waals surface area contributed by atoms with Gasteiger partial charge in [-0.15, -0.1) is 0 Å². The second-order valence-electron chi connectivity index (χ2n) is 34.8. The van der Waals surface area contributed by atoms with E-state index >= 15 is 17.6 Å². The van der Waals surface area contributed by atoms with E-state index < -0.39 is 144 Å². The Bertz CT molecular complexity index is 9450. The highest BCUT2D eigenvalue weighted by molar-refractivity contribution is 6.30. The molecule has 140 heavy (non-hydrogen) atoms. The fourth-order valence-electron chi connectivity index (χ4n) is 19.6. The summed E-state index contributed by atoms with van der Waals surface area (Å²) in [6, 6.07) is 97.5. The molecule has 0 N–H and O–H groups in total. The Labute approximate surface area is 840 Å². The Morgan fingerprint density at radius 1 is 0.171 bits per heavy atom. The van der Waals surface area contributed by atoms with Crippen LogP contribution in [-0.2, 0) is 0 Å². The van der Waals surface area contributed by atoms with Crippen molar-refractivity contribution in [3.63, 3.8) is 0 Å². The van der Waals surface area contributed by atoms with Gasteiger partial charge in [0.25, 0.3) is 0 Å². The maximum Gasteiger partial charge on any atom is 0.155 e. The molecule has 0 aliphatic carbocycles. The molecule has 0 bridgehead atoms. The lowest BCUT2D eigenvalue weighted by Crippen LogP contribution is -2.14. The molecule has 24 aromatic rings. The minimum absolute atomic E-state index is 0.0921. The largest absolute Gasteiger partial charge is 0.307 e.